The lowest BCUT2D eigenvalue weighted by atomic mass is 10.3. The monoisotopic (exact) mass is 502 g/mol. The molecule has 0 saturated carbocycles. The average molecular weight is 503 g/mol. The van der Waals surface area contributed by atoms with Crippen LogP contribution in [0.2, 0.25) is 0 Å². The van der Waals surface area contributed by atoms with Gasteiger partial charge >= 0.3 is 5.97 Å². The standard InChI is InChI=1S/C23H22N2O5S3/c1-29-15-7-9-16(10-8-15)32-13-20(26)24-17-5-3-4-6-19(17)33-14-21(27)25-18-11-12-31-22(18)23(28)30-2/h3-12H,13-14H2,1-2H3,(H,24,26)(H,25,27). The van der Waals surface area contributed by atoms with Gasteiger partial charge in [-0.1, -0.05) is 12.1 Å². The van der Waals surface area contributed by atoms with Crippen LogP contribution in [0.5, 0.6) is 5.75 Å². The lowest BCUT2D eigenvalue weighted by Gasteiger charge is -2.11. The van der Waals surface area contributed by atoms with Gasteiger partial charge in [0.1, 0.15) is 10.6 Å². The lowest BCUT2D eigenvalue weighted by Crippen LogP contribution is -2.17. The first-order valence-corrected chi connectivity index (χ1v) is 12.6. The van der Waals surface area contributed by atoms with Crippen molar-refractivity contribution in [2.75, 3.05) is 36.4 Å². The molecule has 0 saturated heterocycles. The van der Waals surface area contributed by atoms with Crippen LogP contribution in [0.4, 0.5) is 11.4 Å². The molecule has 2 aromatic carbocycles. The quantitative estimate of drug-likeness (QED) is 0.297. The van der Waals surface area contributed by atoms with Crippen LogP contribution in [-0.4, -0.2) is 43.5 Å². The summed E-state index contributed by atoms with van der Waals surface area (Å²) in [4.78, 5) is 38.7. The molecule has 0 bridgehead atoms. The van der Waals surface area contributed by atoms with Gasteiger partial charge in [-0.05, 0) is 47.8 Å². The van der Waals surface area contributed by atoms with Crippen LogP contribution >= 0.6 is 34.9 Å². The molecule has 0 aliphatic heterocycles. The summed E-state index contributed by atoms with van der Waals surface area (Å²) in [6.07, 6.45) is 0. The molecule has 33 heavy (non-hydrogen) atoms. The first-order valence-electron chi connectivity index (χ1n) is 9.74. The molecule has 0 unspecified atom stereocenters. The third-order valence-electron chi connectivity index (χ3n) is 4.26. The largest absolute Gasteiger partial charge is 0.497 e. The van der Waals surface area contributed by atoms with Gasteiger partial charge in [-0.25, -0.2) is 4.79 Å². The van der Waals surface area contributed by atoms with E-state index >= 15 is 0 Å². The number of hydrogen-bond donors (Lipinski definition) is 2. The fourth-order valence-corrected chi connectivity index (χ4v) is 4.96. The first kappa shape index (κ1) is 24.7. The fraction of sp³-hybridized carbons (Fsp3) is 0.174. The SMILES string of the molecule is COC(=O)c1sccc1NC(=O)CSc1ccccc1NC(=O)CSc1ccc(OC)cc1. The van der Waals surface area contributed by atoms with Gasteiger partial charge in [-0.2, -0.15) is 0 Å². The third-order valence-corrected chi connectivity index (χ3v) is 7.24. The minimum atomic E-state index is -0.492. The molecule has 1 heterocycles. The summed E-state index contributed by atoms with van der Waals surface area (Å²) in [5.41, 5.74) is 1.07. The van der Waals surface area contributed by atoms with E-state index in [0.717, 1.165) is 15.5 Å². The van der Waals surface area contributed by atoms with Crippen molar-refractivity contribution in [3.05, 3.63) is 64.9 Å². The zero-order chi connectivity index (χ0) is 23.6. The number of benzene rings is 2. The van der Waals surface area contributed by atoms with E-state index in [1.807, 2.05) is 42.5 Å². The van der Waals surface area contributed by atoms with Crippen LogP contribution in [-0.2, 0) is 14.3 Å². The van der Waals surface area contributed by atoms with Gasteiger partial charge in [0.25, 0.3) is 0 Å². The highest BCUT2D eigenvalue weighted by Gasteiger charge is 2.16. The molecule has 3 aromatic rings. The fourth-order valence-electron chi connectivity index (χ4n) is 2.69. The van der Waals surface area contributed by atoms with E-state index < -0.39 is 5.97 Å². The highest BCUT2D eigenvalue weighted by molar-refractivity contribution is 8.00. The predicted molar refractivity (Wildman–Crippen MR) is 134 cm³/mol. The minimum Gasteiger partial charge on any atom is -0.497 e. The second-order valence-corrected chi connectivity index (χ2v) is 9.48. The number of ether oxygens (including phenoxy) is 2. The number of methoxy groups -OCH3 is 2. The summed E-state index contributed by atoms with van der Waals surface area (Å²) in [5, 5.41) is 7.35. The second-order valence-electron chi connectivity index (χ2n) is 6.50. The van der Waals surface area contributed by atoms with Crippen molar-refractivity contribution in [1.82, 2.24) is 0 Å². The number of anilines is 2. The van der Waals surface area contributed by atoms with E-state index in [-0.39, 0.29) is 23.3 Å². The number of amides is 2. The van der Waals surface area contributed by atoms with Crippen molar-refractivity contribution in [2.24, 2.45) is 0 Å². The zero-order valence-corrected chi connectivity index (χ0v) is 20.4. The van der Waals surface area contributed by atoms with Gasteiger partial charge in [0.15, 0.2) is 0 Å². The maximum Gasteiger partial charge on any atom is 0.350 e. The van der Waals surface area contributed by atoms with E-state index in [1.165, 1.54) is 42.0 Å². The van der Waals surface area contributed by atoms with E-state index in [2.05, 4.69) is 10.6 Å². The minimum absolute atomic E-state index is 0.115. The van der Waals surface area contributed by atoms with Crippen LogP contribution in [0, 0.1) is 0 Å². The zero-order valence-electron chi connectivity index (χ0n) is 18.0. The molecule has 2 N–H and O–H groups in total. The number of nitrogens with one attached hydrogen (secondary N) is 2. The van der Waals surface area contributed by atoms with Gasteiger partial charge < -0.3 is 20.1 Å². The highest BCUT2D eigenvalue weighted by Crippen LogP contribution is 2.29. The molecular formula is C23H22N2O5S3. The molecule has 0 aliphatic rings. The Labute approximate surface area is 204 Å². The van der Waals surface area contributed by atoms with Crippen molar-refractivity contribution >= 4 is 64.0 Å². The van der Waals surface area contributed by atoms with Gasteiger partial charge in [0.2, 0.25) is 11.8 Å². The van der Waals surface area contributed by atoms with E-state index in [1.54, 1.807) is 24.6 Å². The number of thioether (sulfide) groups is 2. The van der Waals surface area contributed by atoms with Crippen LogP contribution in [0.3, 0.4) is 0 Å². The maximum atomic E-state index is 12.5. The number of hydrogen-bond acceptors (Lipinski definition) is 8. The lowest BCUT2D eigenvalue weighted by molar-refractivity contribution is -0.114. The molecule has 10 heteroatoms. The molecule has 3 rings (SSSR count). The van der Waals surface area contributed by atoms with Gasteiger partial charge in [0, 0.05) is 9.79 Å². The number of para-hydroxylation sites is 1. The Hall–Kier alpha value is -2.95. The summed E-state index contributed by atoms with van der Waals surface area (Å²) in [7, 11) is 2.90. The maximum absolute atomic E-state index is 12.5. The molecule has 7 nitrogen and oxygen atoms in total. The number of thiophene rings is 1. The Bertz CT molecular complexity index is 1120. The van der Waals surface area contributed by atoms with Gasteiger partial charge in [-0.15, -0.1) is 34.9 Å². The van der Waals surface area contributed by atoms with Gasteiger partial charge in [-0.3, -0.25) is 9.59 Å². The Morgan fingerprint density at radius 1 is 0.848 bits per heavy atom. The average Bonchev–Trinajstić information content (AvgIpc) is 3.30. The number of esters is 1. The molecular weight excluding hydrogens is 480 g/mol. The summed E-state index contributed by atoms with van der Waals surface area (Å²) < 4.78 is 9.86. The Morgan fingerprint density at radius 2 is 1.52 bits per heavy atom. The Balaban J connectivity index is 1.53. The Kier molecular flexibility index (Phi) is 9.23. The molecule has 0 spiro atoms. The van der Waals surface area contributed by atoms with Crippen molar-refractivity contribution in [1.29, 1.82) is 0 Å². The van der Waals surface area contributed by atoms with Crippen LogP contribution in [0.25, 0.3) is 0 Å². The molecule has 2 amide bonds. The van der Waals surface area contributed by atoms with E-state index in [4.69, 9.17) is 9.47 Å². The van der Waals surface area contributed by atoms with Crippen LogP contribution < -0.4 is 15.4 Å². The number of rotatable bonds is 10. The summed E-state index contributed by atoms with van der Waals surface area (Å²) >= 11 is 3.92. The topological polar surface area (TPSA) is 93.7 Å². The summed E-state index contributed by atoms with van der Waals surface area (Å²) in [6.45, 7) is 0. The number of carbonyl (C=O) groups excluding carboxylic acids is 3. The van der Waals surface area contributed by atoms with Gasteiger partial charge in [0.05, 0.1) is 37.1 Å². The van der Waals surface area contributed by atoms with Crippen molar-refractivity contribution in [3.63, 3.8) is 0 Å². The third kappa shape index (κ3) is 7.28. The highest BCUT2D eigenvalue weighted by atomic mass is 32.2. The first-order chi connectivity index (χ1) is 16.0. The summed E-state index contributed by atoms with van der Waals surface area (Å²) in [6, 6.07) is 16.5. The predicted octanol–water partition coefficient (Wildman–Crippen LogP) is 5.00. The molecule has 172 valence electrons. The van der Waals surface area contributed by atoms with E-state index in [9.17, 15) is 14.4 Å². The normalized spacial score (nSPS) is 10.4. The van der Waals surface area contributed by atoms with Crippen LogP contribution in [0.1, 0.15) is 9.67 Å². The summed E-state index contributed by atoms with van der Waals surface area (Å²) in [5.74, 6) is 0.228. The number of carbonyl (C=O) groups is 3. The Morgan fingerprint density at radius 3 is 2.21 bits per heavy atom. The molecule has 0 fully saturated rings. The molecule has 0 aliphatic carbocycles. The molecule has 0 radical (unpaired) electrons. The van der Waals surface area contributed by atoms with Crippen molar-refractivity contribution in [3.8, 4) is 5.75 Å². The molecule has 0 atom stereocenters. The molecule has 1 aromatic heterocycles. The van der Waals surface area contributed by atoms with E-state index in [0.29, 0.717) is 16.3 Å². The second kappa shape index (κ2) is 12.3. The smallest absolute Gasteiger partial charge is 0.350 e. The van der Waals surface area contributed by atoms with Crippen LogP contribution in [0.15, 0.2) is 69.8 Å². The van der Waals surface area contributed by atoms with Crippen molar-refractivity contribution < 1.29 is 23.9 Å². The van der Waals surface area contributed by atoms with Crippen molar-refractivity contribution in [2.45, 2.75) is 9.79 Å².